The third kappa shape index (κ3) is 4.94. The smallest absolute Gasteiger partial charge is 0.265 e. The number of hydrogen-bond acceptors (Lipinski definition) is 6. The standard InChI is InChI=1S/C18H17N3O2S3/c1-2-14(16(22)21-18-19-8-10-25-18)26-13-6-3-5-12(11-13)20-17(23)15-7-4-9-24-15/h3-11,14H,2H2,1H3,(H,20,23)(H,19,21,22). The van der Waals surface area contributed by atoms with Crippen molar-refractivity contribution in [2.75, 3.05) is 10.6 Å². The van der Waals surface area contributed by atoms with Crippen LogP contribution in [0.1, 0.15) is 23.0 Å². The topological polar surface area (TPSA) is 71.1 Å². The molecule has 0 aliphatic heterocycles. The van der Waals surface area contributed by atoms with Gasteiger partial charge in [0.1, 0.15) is 0 Å². The van der Waals surface area contributed by atoms with Crippen LogP contribution in [-0.2, 0) is 4.79 Å². The summed E-state index contributed by atoms with van der Waals surface area (Å²) in [6.45, 7) is 1.97. The molecule has 0 bridgehead atoms. The SMILES string of the molecule is CCC(Sc1cccc(NC(=O)c2cccs2)c1)C(=O)Nc1nccs1. The van der Waals surface area contributed by atoms with Crippen molar-refractivity contribution >= 4 is 57.1 Å². The molecule has 0 fully saturated rings. The van der Waals surface area contributed by atoms with Crippen LogP contribution in [0.15, 0.2) is 58.3 Å². The maximum Gasteiger partial charge on any atom is 0.265 e. The molecule has 3 rings (SSSR count). The van der Waals surface area contributed by atoms with Crippen LogP contribution >= 0.6 is 34.4 Å². The molecule has 0 aliphatic carbocycles. The fraction of sp³-hybridized carbons (Fsp3) is 0.167. The van der Waals surface area contributed by atoms with E-state index in [0.717, 1.165) is 4.90 Å². The first-order valence-electron chi connectivity index (χ1n) is 7.97. The number of hydrogen-bond donors (Lipinski definition) is 2. The van der Waals surface area contributed by atoms with E-state index >= 15 is 0 Å². The Kier molecular flexibility index (Phi) is 6.43. The minimum Gasteiger partial charge on any atom is -0.321 e. The quantitative estimate of drug-likeness (QED) is 0.547. The van der Waals surface area contributed by atoms with Gasteiger partial charge < -0.3 is 10.6 Å². The molecule has 0 saturated carbocycles. The Bertz CT molecular complexity index is 864. The first kappa shape index (κ1) is 18.6. The van der Waals surface area contributed by atoms with E-state index < -0.39 is 0 Å². The average molecular weight is 404 g/mol. The molecule has 26 heavy (non-hydrogen) atoms. The maximum absolute atomic E-state index is 12.4. The molecule has 5 nitrogen and oxygen atoms in total. The molecule has 0 radical (unpaired) electrons. The highest BCUT2D eigenvalue weighted by atomic mass is 32.2. The number of benzene rings is 1. The third-order valence-electron chi connectivity index (χ3n) is 3.44. The van der Waals surface area contributed by atoms with Crippen molar-refractivity contribution in [2.24, 2.45) is 0 Å². The lowest BCUT2D eigenvalue weighted by atomic mass is 10.3. The van der Waals surface area contributed by atoms with E-state index in [9.17, 15) is 9.59 Å². The predicted octanol–water partition coefficient (Wildman–Crippen LogP) is 4.97. The Morgan fingerprint density at radius 1 is 1.15 bits per heavy atom. The number of carbonyl (C=O) groups is 2. The van der Waals surface area contributed by atoms with Gasteiger partial charge in [0, 0.05) is 22.2 Å². The Balaban J connectivity index is 1.64. The largest absolute Gasteiger partial charge is 0.321 e. The summed E-state index contributed by atoms with van der Waals surface area (Å²) < 4.78 is 0. The Labute approximate surface area is 163 Å². The Morgan fingerprint density at radius 2 is 2.04 bits per heavy atom. The lowest BCUT2D eigenvalue weighted by molar-refractivity contribution is -0.115. The van der Waals surface area contributed by atoms with Crippen LogP contribution in [0.25, 0.3) is 0 Å². The number of thiazole rings is 1. The summed E-state index contributed by atoms with van der Waals surface area (Å²) in [7, 11) is 0. The van der Waals surface area contributed by atoms with Crippen molar-refractivity contribution in [3.63, 3.8) is 0 Å². The average Bonchev–Trinajstić information content (AvgIpc) is 3.33. The van der Waals surface area contributed by atoms with Crippen LogP contribution in [0.2, 0.25) is 0 Å². The summed E-state index contributed by atoms with van der Waals surface area (Å²) in [4.78, 5) is 30.3. The molecule has 2 aromatic heterocycles. The number of carbonyl (C=O) groups excluding carboxylic acids is 2. The van der Waals surface area contributed by atoms with Crippen LogP contribution in [0.4, 0.5) is 10.8 Å². The van der Waals surface area contributed by atoms with E-state index in [1.165, 1.54) is 34.4 Å². The highest BCUT2D eigenvalue weighted by Gasteiger charge is 2.19. The van der Waals surface area contributed by atoms with E-state index in [-0.39, 0.29) is 17.1 Å². The van der Waals surface area contributed by atoms with Gasteiger partial charge in [0.05, 0.1) is 10.1 Å². The minimum absolute atomic E-state index is 0.0690. The molecule has 2 N–H and O–H groups in total. The van der Waals surface area contributed by atoms with Crippen molar-refractivity contribution in [1.29, 1.82) is 0 Å². The van der Waals surface area contributed by atoms with Crippen molar-refractivity contribution in [2.45, 2.75) is 23.5 Å². The number of amides is 2. The van der Waals surface area contributed by atoms with E-state index in [4.69, 9.17) is 0 Å². The molecule has 1 atom stereocenters. The van der Waals surface area contributed by atoms with Crippen molar-refractivity contribution in [1.82, 2.24) is 4.98 Å². The fourth-order valence-electron chi connectivity index (χ4n) is 2.21. The van der Waals surface area contributed by atoms with Crippen LogP contribution in [-0.4, -0.2) is 22.0 Å². The summed E-state index contributed by atoms with van der Waals surface area (Å²) in [6.07, 6.45) is 2.35. The summed E-state index contributed by atoms with van der Waals surface area (Å²) in [6, 6.07) is 11.2. The van der Waals surface area contributed by atoms with Gasteiger partial charge in [-0.2, -0.15) is 0 Å². The summed E-state index contributed by atoms with van der Waals surface area (Å²) in [5.41, 5.74) is 0.712. The molecule has 1 unspecified atom stereocenters. The normalized spacial score (nSPS) is 11.7. The molecular formula is C18H17N3O2S3. The molecule has 0 aliphatic rings. The first-order chi connectivity index (χ1) is 12.7. The maximum atomic E-state index is 12.4. The number of thioether (sulfide) groups is 1. The number of aromatic nitrogens is 1. The van der Waals surface area contributed by atoms with E-state index in [0.29, 0.717) is 22.1 Å². The molecule has 1 aromatic carbocycles. The molecule has 134 valence electrons. The monoisotopic (exact) mass is 403 g/mol. The lowest BCUT2D eigenvalue weighted by Crippen LogP contribution is -2.24. The molecule has 8 heteroatoms. The Morgan fingerprint density at radius 3 is 2.73 bits per heavy atom. The number of rotatable bonds is 7. The van der Waals surface area contributed by atoms with Crippen LogP contribution in [0.3, 0.4) is 0 Å². The van der Waals surface area contributed by atoms with Gasteiger partial charge in [0.15, 0.2) is 5.13 Å². The number of anilines is 2. The summed E-state index contributed by atoms with van der Waals surface area (Å²) in [5.74, 6) is -0.198. The van der Waals surface area contributed by atoms with Gasteiger partial charge in [0.2, 0.25) is 5.91 Å². The lowest BCUT2D eigenvalue weighted by Gasteiger charge is -2.14. The number of nitrogens with zero attached hydrogens (tertiary/aromatic N) is 1. The molecular weight excluding hydrogens is 386 g/mol. The fourth-order valence-corrected chi connectivity index (χ4v) is 4.37. The van der Waals surface area contributed by atoms with Gasteiger partial charge in [0.25, 0.3) is 5.91 Å². The van der Waals surface area contributed by atoms with Gasteiger partial charge in [-0.25, -0.2) is 4.98 Å². The third-order valence-corrected chi connectivity index (χ3v) is 6.36. The van der Waals surface area contributed by atoms with Gasteiger partial charge in [-0.3, -0.25) is 9.59 Å². The number of thiophene rings is 1. The van der Waals surface area contributed by atoms with Gasteiger partial charge >= 0.3 is 0 Å². The molecule has 3 aromatic rings. The predicted molar refractivity (Wildman–Crippen MR) is 109 cm³/mol. The van der Waals surface area contributed by atoms with Gasteiger partial charge in [-0.05, 0) is 36.1 Å². The zero-order chi connectivity index (χ0) is 18.4. The summed E-state index contributed by atoms with van der Waals surface area (Å²) >= 11 is 4.27. The zero-order valence-electron chi connectivity index (χ0n) is 14.0. The number of nitrogens with one attached hydrogen (secondary N) is 2. The Hall–Kier alpha value is -2.16. The molecule has 0 saturated heterocycles. The van der Waals surface area contributed by atoms with Crippen LogP contribution in [0.5, 0.6) is 0 Å². The van der Waals surface area contributed by atoms with E-state index in [1.54, 1.807) is 12.3 Å². The van der Waals surface area contributed by atoms with Crippen molar-refractivity contribution in [3.8, 4) is 0 Å². The highest BCUT2D eigenvalue weighted by Crippen LogP contribution is 2.29. The minimum atomic E-state index is -0.234. The van der Waals surface area contributed by atoms with Crippen LogP contribution < -0.4 is 10.6 Å². The van der Waals surface area contributed by atoms with Crippen molar-refractivity contribution < 1.29 is 9.59 Å². The van der Waals surface area contributed by atoms with E-state index in [2.05, 4.69) is 15.6 Å². The molecule has 0 spiro atoms. The molecule has 2 amide bonds. The van der Waals surface area contributed by atoms with Gasteiger partial charge in [-0.1, -0.05) is 19.1 Å². The van der Waals surface area contributed by atoms with Crippen LogP contribution in [0, 0.1) is 0 Å². The van der Waals surface area contributed by atoms with Gasteiger partial charge in [-0.15, -0.1) is 34.4 Å². The molecule has 2 heterocycles. The van der Waals surface area contributed by atoms with E-state index in [1.807, 2.05) is 48.0 Å². The zero-order valence-corrected chi connectivity index (χ0v) is 16.4. The second-order valence-electron chi connectivity index (χ2n) is 5.30. The van der Waals surface area contributed by atoms with Crippen molar-refractivity contribution in [3.05, 3.63) is 58.2 Å². The highest BCUT2D eigenvalue weighted by molar-refractivity contribution is 8.00. The second kappa shape index (κ2) is 8.98. The summed E-state index contributed by atoms with van der Waals surface area (Å²) in [5, 5.41) is 9.79. The second-order valence-corrected chi connectivity index (χ2v) is 8.42. The first-order valence-corrected chi connectivity index (χ1v) is 10.6.